The second-order valence-electron chi connectivity index (χ2n) is 6.26. The molecule has 1 aromatic rings. The summed E-state index contributed by atoms with van der Waals surface area (Å²) in [6, 6.07) is 3.54. The summed E-state index contributed by atoms with van der Waals surface area (Å²) in [4.78, 5) is 21.0. The molecule has 0 saturated heterocycles. The third kappa shape index (κ3) is 3.72. The van der Waals surface area contributed by atoms with Crippen LogP contribution in [0.2, 0.25) is 0 Å². The summed E-state index contributed by atoms with van der Waals surface area (Å²) in [5, 5.41) is 10.3. The van der Waals surface area contributed by atoms with Gasteiger partial charge in [0.1, 0.15) is 16.9 Å². The van der Waals surface area contributed by atoms with E-state index in [4.69, 9.17) is 4.74 Å². The van der Waals surface area contributed by atoms with Crippen LogP contribution in [0, 0.1) is 0 Å². The lowest BCUT2D eigenvalue weighted by Crippen LogP contribution is -2.29. The Kier molecular flexibility index (Phi) is 4.64. The van der Waals surface area contributed by atoms with Crippen molar-refractivity contribution in [2.24, 2.45) is 4.99 Å². The SMILES string of the molecule is CCC1=NC(c2cccnc2)CC(O)=C1C(=O)OC(C)(C)C. The number of hydrogen-bond donors (Lipinski definition) is 1. The lowest BCUT2D eigenvalue weighted by atomic mass is 9.95. The quantitative estimate of drug-likeness (QED) is 0.867. The molecule has 22 heavy (non-hydrogen) atoms. The molecule has 0 amide bonds. The molecule has 5 heteroatoms. The summed E-state index contributed by atoms with van der Waals surface area (Å²) < 4.78 is 5.37. The van der Waals surface area contributed by atoms with Gasteiger partial charge in [-0.05, 0) is 38.8 Å². The first-order valence-electron chi connectivity index (χ1n) is 7.44. The normalized spacial score (nSPS) is 18.9. The summed E-state index contributed by atoms with van der Waals surface area (Å²) in [7, 11) is 0. The van der Waals surface area contributed by atoms with Gasteiger partial charge in [-0.15, -0.1) is 0 Å². The molecule has 118 valence electrons. The first-order chi connectivity index (χ1) is 10.3. The fraction of sp³-hybridized carbons (Fsp3) is 0.471. The van der Waals surface area contributed by atoms with Gasteiger partial charge in [0, 0.05) is 18.8 Å². The maximum atomic E-state index is 12.3. The zero-order valence-electron chi connectivity index (χ0n) is 13.5. The Morgan fingerprint density at radius 1 is 1.45 bits per heavy atom. The first-order valence-corrected chi connectivity index (χ1v) is 7.44. The predicted octanol–water partition coefficient (Wildman–Crippen LogP) is 3.53. The van der Waals surface area contributed by atoms with Gasteiger partial charge in [-0.3, -0.25) is 9.98 Å². The number of rotatable bonds is 3. The summed E-state index contributed by atoms with van der Waals surface area (Å²) in [5.74, 6) is -0.481. The molecule has 5 nitrogen and oxygen atoms in total. The number of carbonyl (C=O) groups excluding carboxylic acids is 1. The summed E-state index contributed by atoms with van der Waals surface area (Å²) in [5.41, 5.74) is 1.09. The summed E-state index contributed by atoms with van der Waals surface area (Å²) in [6.07, 6.45) is 4.25. The number of carbonyl (C=O) groups is 1. The topological polar surface area (TPSA) is 71.8 Å². The van der Waals surface area contributed by atoms with Crippen molar-refractivity contribution in [2.45, 2.75) is 52.2 Å². The Labute approximate surface area is 130 Å². The van der Waals surface area contributed by atoms with Crippen LogP contribution in [-0.2, 0) is 9.53 Å². The molecule has 0 spiro atoms. The van der Waals surface area contributed by atoms with Crippen LogP contribution in [0.5, 0.6) is 0 Å². The van der Waals surface area contributed by atoms with Crippen LogP contribution in [-0.4, -0.2) is 27.4 Å². The van der Waals surface area contributed by atoms with E-state index in [0.717, 1.165) is 5.56 Å². The highest BCUT2D eigenvalue weighted by atomic mass is 16.6. The standard InChI is InChI=1S/C17H22N2O3/c1-5-12-15(16(21)22-17(2,3)4)14(20)9-13(19-12)11-7-6-8-18-10-11/h6-8,10,13,20H,5,9H2,1-4H3. The van der Waals surface area contributed by atoms with Gasteiger partial charge in [-0.25, -0.2) is 4.79 Å². The number of ether oxygens (including phenoxy) is 1. The highest BCUT2D eigenvalue weighted by Gasteiger charge is 2.31. The third-order valence-corrected chi connectivity index (χ3v) is 3.28. The lowest BCUT2D eigenvalue weighted by molar-refractivity contribution is -0.149. The van der Waals surface area contributed by atoms with Crippen LogP contribution in [0.25, 0.3) is 0 Å². The summed E-state index contributed by atoms with van der Waals surface area (Å²) in [6.45, 7) is 7.30. The van der Waals surface area contributed by atoms with Gasteiger partial charge in [-0.1, -0.05) is 13.0 Å². The van der Waals surface area contributed by atoms with Gasteiger partial charge < -0.3 is 9.84 Å². The van der Waals surface area contributed by atoms with Crippen molar-refractivity contribution < 1.29 is 14.6 Å². The van der Waals surface area contributed by atoms with Crippen molar-refractivity contribution in [1.82, 2.24) is 4.98 Å². The lowest BCUT2D eigenvalue weighted by Gasteiger charge is -2.25. The number of hydrogen-bond acceptors (Lipinski definition) is 5. The van der Waals surface area contributed by atoms with E-state index in [0.29, 0.717) is 12.1 Å². The van der Waals surface area contributed by atoms with E-state index in [1.807, 2.05) is 19.1 Å². The van der Waals surface area contributed by atoms with Crippen LogP contribution in [0.1, 0.15) is 52.1 Å². The van der Waals surface area contributed by atoms with E-state index in [9.17, 15) is 9.90 Å². The molecule has 0 saturated carbocycles. The molecular weight excluding hydrogens is 280 g/mol. The number of dihydropyridines is 1. The number of pyridine rings is 1. The monoisotopic (exact) mass is 302 g/mol. The molecule has 0 radical (unpaired) electrons. The minimum absolute atomic E-state index is 0.0370. The number of aliphatic hydroxyl groups is 1. The van der Waals surface area contributed by atoms with Gasteiger partial charge in [0.25, 0.3) is 0 Å². The molecule has 1 aromatic heterocycles. The van der Waals surface area contributed by atoms with E-state index < -0.39 is 11.6 Å². The molecular formula is C17H22N2O3. The Morgan fingerprint density at radius 3 is 2.73 bits per heavy atom. The first kappa shape index (κ1) is 16.2. The van der Waals surface area contributed by atoms with Crippen LogP contribution in [0.4, 0.5) is 0 Å². The molecule has 0 aromatic carbocycles. The van der Waals surface area contributed by atoms with Crippen molar-refractivity contribution in [1.29, 1.82) is 0 Å². The minimum Gasteiger partial charge on any atom is -0.511 e. The highest BCUT2D eigenvalue weighted by molar-refractivity contribution is 6.20. The zero-order chi connectivity index (χ0) is 16.3. The maximum Gasteiger partial charge on any atom is 0.343 e. The molecule has 0 bridgehead atoms. The number of esters is 1. The Hall–Kier alpha value is -2.17. The van der Waals surface area contributed by atoms with Crippen LogP contribution in [0.15, 0.2) is 40.9 Å². The molecule has 1 atom stereocenters. The van der Waals surface area contributed by atoms with Crippen molar-refractivity contribution in [3.05, 3.63) is 41.4 Å². The number of nitrogens with zero attached hydrogens (tertiary/aromatic N) is 2. The average Bonchev–Trinajstić information content (AvgIpc) is 2.45. The van der Waals surface area contributed by atoms with Gasteiger partial charge in [0.05, 0.1) is 11.8 Å². The van der Waals surface area contributed by atoms with E-state index in [2.05, 4.69) is 9.98 Å². The molecule has 1 aliphatic heterocycles. The van der Waals surface area contributed by atoms with Crippen molar-refractivity contribution in [3.8, 4) is 0 Å². The minimum atomic E-state index is -0.608. The average molecular weight is 302 g/mol. The molecule has 1 N–H and O–H groups in total. The Morgan fingerprint density at radius 2 is 2.18 bits per heavy atom. The fourth-order valence-electron chi connectivity index (χ4n) is 2.35. The Bertz CT molecular complexity index is 613. The number of aromatic nitrogens is 1. The second-order valence-corrected chi connectivity index (χ2v) is 6.26. The van der Waals surface area contributed by atoms with Crippen LogP contribution >= 0.6 is 0 Å². The van der Waals surface area contributed by atoms with E-state index >= 15 is 0 Å². The van der Waals surface area contributed by atoms with Crippen LogP contribution < -0.4 is 0 Å². The Balaban J connectivity index is 2.30. The smallest absolute Gasteiger partial charge is 0.343 e. The molecule has 2 rings (SSSR count). The summed E-state index contributed by atoms with van der Waals surface area (Å²) >= 11 is 0. The van der Waals surface area contributed by atoms with Crippen molar-refractivity contribution in [3.63, 3.8) is 0 Å². The molecule has 1 aliphatic rings. The van der Waals surface area contributed by atoms with Gasteiger partial charge in [-0.2, -0.15) is 0 Å². The highest BCUT2D eigenvalue weighted by Crippen LogP contribution is 2.32. The van der Waals surface area contributed by atoms with E-state index in [1.165, 1.54) is 0 Å². The molecule has 0 fully saturated rings. The zero-order valence-corrected chi connectivity index (χ0v) is 13.5. The fourth-order valence-corrected chi connectivity index (χ4v) is 2.35. The predicted molar refractivity (Wildman–Crippen MR) is 84.8 cm³/mol. The van der Waals surface area contributed by atoms with Gasteiger partial charge in [0.2, 0.25) is 0 Å². The molecule has 0 aliphatic carbocycles. The third-order valence-electron chi connectivity index (χ3n) is 3.28. The van der Waals surface area contributed by atoms with E-state index in [-0.39, 0.29) is 23.8 Å². The number of aliphatic imine (C=N–C) groups is 1. The van der Waals surface area contributed by atoms with E-state index in [1.54, 1.807) is 33.2 Å². The molecule has 2 heterocycles. The van der Waals surface area contributed by atoms with Crippen molar-refractivity contribution in [2.75, 3.05) is 0 Å². The van der Waals surface area contributed by atoms with Gasteiger partial charge in [0.15, 0.2) is 0 Å². The second kappa shape index (κ2) is 6.30. The number of aliphatic hydroxyl groups excluding tert-OH is 1. The molecule has 1 unspecified atom stereocenters. The van der Waals surface area contributed by atoms with Crippen LogP contribution in [0.3, 0.4) is 0 Å². The maximum absolute atomic E-state index is 12.3. The largest absolute Gasteiger partial charge is 0.511 e. The van der Waals surface area contributed by atoms with Crippen molar-refractivity contribution >= 4 is 11.7 Å². The van der Waals surface area contributed by atoms with Gasteiger partial charge >= 0.3 is 5.97 Å².